The number of thiazole rings is 1. The summed E-state index contributed by atoms with van der Waals surface area (Å²) >= 11 is 23.9. The van der Waals surface area contributed by atoms with Gasteiger partial charge < -0.3 is 15.0 Å². The first-order valence-corrected chi connectivity index (χ1v) is 15.9. The number of aromatic nitrogens is 1. The van der Waals surface area contributed by atoms with Crippen LogP contribution in [0.4, 0.5) is 11.4 Å². The summed E-state index contributed by atoms with van der Waals surface area (Å²) in [4.78, 5) is 57.1. The van der Waals surface area contributed by atoms with Crippen molar-refractivity contribution < 1.29 is 19.1 Å². The van der Waals surface area contributed by atoms with Gasteiger partial charge in [-0.3, -0.25) is 19.2 Å². The van der Waals surface area contributed by atoms with Gasteiger partial charge in [0, 0.05) is 31.5 Å². The number of anilines is 2. The molecule has 3 heterocycles. The molecule has 2 aliphatic heterocycles. The predicted molar refractivity (Wildman–Crippen MR) is 169 cm³/mol. The molecular formula is C28H17BrCl3N3O5S2. The SMILES string of the molecule is O=C(COc1ccc(Cl)cc1[C@H]1c2sc(=O)[nH]c2SC2C(=O)N(c3ccc(Br)cc3)C(=O)C21)Nc1ccc(Cl)c(Cl)c1. The normalized spacial score (nSPS) is 19.4. The van der Waals surface area contributed by atoms with Crippen LogP contribution >= 0.6 is 73.8 Å². The smallest absolute Gasteiger partial charge is 0.305 e. The third-order valence-electron chi connectivity index (χ3n) is 6.78. The molecule has 8 nitrogen and oxygen atoms in total. The lowest BCUT2D eigenvalue weighted by molar-refractivity contribution is -0.122. The molecule has 2 aliphatic rings. The highest BCUT2D eigenvalue weighted by molar-refractivity contribution is 9.10. The topological polar surface area (TPSA) is 109 Å². The van der Waals surface area contributed by atoms with Crippen LogP contribution in [-0.4, -0.2) is 34.6 Å². The molecule has 2 N–H and O–H groups in total. The third-order valence-corrected chi connectivity index (χ3v) is 10.7. The lowest BCUT2D eigenvalue weighted by Crippen LogP contribution is -2.32. The van der Waals surface area contributed by atoms with Gasteiger partial charge in [0.1, 0.15) is 11.0 Å². The summed E-state index contributed by atoms with van der Waals surface area (Å²) in [6, 6.07) is 16.4. The zero-order valence-corrected chi connectivity index (χ0v) is 26.5. The number of benzene rings is 3. The molecule has 0 saturated carbocycles. The Hall–Kier alpha value is -2.80. The summed E-state index contributed by atoms with van der Waals surface area (Å²) in [7, 11) is 0. The molecule has 14 heteroatoms. The number of carbonyl (C=O) groups excluding carboxylic acids is 3. The van der Waals surface area contributed by atoms with E-state index in [0.717, 1.165) is 15.8 Å². The van der Waals surface area contributed by atoms with Crippen LogP contribution in [-0.2, 0) is 14.4 Å². The van der Waals surface area contributed by atoms with E-state index in [1.807, 2.05) is 0 Å². The van der Waals surface area contributed by atoms with Crippen LogP contribution in [0.25, 0.3) is 0 Å². The van der Waals surface area contributed by atoms with Crippen LogP contribution in [0.15, 0.2) is 75.0 Å². The molecule has 0 aliphatic carbocycles. The van der Waals surface area contributed by atoms with Gasteiger partial charge in [0.15, 0.2) is 6.61 Å². The van der Waals surface area contributed by atoms with Crippen molar-refractivity contribution in [1.82, 2.24) is 4.98 Å². The monoisotopic (exact) mass is 723 g/mol. The molecule has 42 heavy (non-hydrogen) atoms. The second-order valence-electron chi connectivity index (χ2n) is 9.39. The summed E-state index contributed by atoms with van der Waals surface area (Å²) < 4.78 is 6.76. The van der Waals surface area contributed by atoms with Crippen molar-refractivity contribution in [2.45, 2.75) is 16.2 Å². The number of rotatable bonds is 6. The Kier molecular flexibility index (Phi) is 8.16. The first-order chi connectivity index (χ1) is 20.1. The van der Waals surface area contributed by atoms with Gasteiger partial charge in [0.05, 0.1) is 26.7 Å². The summed E-state index contributed by atoms with van der Waals surface area (Å²) in [5.74, 6) is -2.56. The van der Waals surface area contributed by atoms with Crippen molar-refractivity contribution in [2.75, 3.05) is 16.8 Å². The number of nitrogens with zero attached hydrogens (tertiary/aromatic N) is 1. The van der Waals surface area contributed by atoms with Crippen LogP contribution in [0.2, 0.25) is 15.1 Å². The van der Waals surface area contributed by atoms with E-state index in [9.17, 15) is 19.2 Å². The number of hydrogen-bond donors (Lipinski definition) is 2. The average Bonchev–Trinajstić information content (AvgIpc) is 3.44. The number of thioether (sulfide) groups is 1. The van der Waals surface area contributed by atoms with Gasteiger partial charge in [-0.15, -0.1) is 0 Å². The molecule has 1 fully saturated rings. The largest absolute Gasteiger partial charge is 0.483 e. The molecule has 214 valence electrons. The standard InChI is InChI=1S/C28H17BrCl3N3O5S2/c29-12-1-5-15(6-2-12)35-26(37)22-21(23-25(34-28(39)42-23)41-24(22)27(35)38)16-9-13(30)3-8-19(16)40-11-20(36)33-14-4-7-17(31)18(32)10-14/h1-10,21-22,24H,11H2,(H,33,36)(H,34,39)/t21-,22?,24?/m1/s1. The van der Waals surface area contributed by atoms with Gasteiger partial charge in [0.2, 0.25) is 11.8 Å². The van der Waals surface area contributed by atoms with Crippen molar-refractivity contribution in [3.05, 3.63) is 100 Å². The number of imide groups is 1. The maximum absolute atomic E-state index is 14.0. The minimum atomic E-state index is -0.851. The second-order valence-corrected chi connectivity index (χ2v) is 13.7. The number of hydrogen-bond acceptors (Lipinski definition) is 7. The number of nitrogens with one attached hydrogen (secondary N) is 2. The molecule has 3 amide bonds. The lowest BCUT2D eigenvalue weighted by atomic mass is 9.82. The molecule has 6 rings (SSSR count). The van der Waals surface area contributed by atoms with Gasteiger partial charge in [0.25, 0.3) is 5.91 Å². The van der Waals surface area contributed by atoms with Crippen molar-refractivity contribution in [3.63, 3.8) is 0 Å². The van der Waals surface area contributed by atoms with E-state index in [1.54, 1.807) is 54.6 Å². The van der Waals surface area contributed by atoms with Crippen LogP contribution in [0.3, 0.4) is 0 Å². The van der Waals surface area contributed by atoms with E-state index in [1.165, 1.54) is 22.7 Å². The van der Waals surface area contributed by atoms with E-state index in [2.05, 4.69) is 26.2 Å². The molecule has 3 aromatic carbocycles. The first kappa shape index (κ1) is 29.3. The number of halogens is 4. The van der Waals surface area contributed by atoms with Crippen LogP contribution in [0.1, 0.15) is 16.4 Å². The fraction of sp³-hybridized carbons (Fsp3) is 0.143. The fourth-order valence-electron chi connectivity index (χ4n) is 5.00. The Labute approximate surface area is 270 Å². The minimum absolute atomic E-state index is 0.286. The molecule has 2 unspecified atom stereocenters. The van der Waals surface area contributed by atoms with Crippen molar-refractivity contribution >= 4 is 103 Å². The molecule has 1 aromatic heterocycles. The molecule has 0 bridgehead atoms. The zero-order valence-electron chi connectivity index (χ0n) is 21.0. The van der Waals surface area contributed by atoms with Gasteiger partial charge >= 0.3 is 4.87 Å². The zero-order chi connectivity index (χ0) is 29.7. The van der Waals surface area contributed by atoms with Gasteiger partial charge in [-0.2, -0.15) is 0 Å². The summed E-state index contributed by atoms with van der Waals surface area (Å²) in [5.41, 5.74) is 1.36. The third kappa shape index (κ3) is 5.49. The van der Waals surface area contributed by atoms with Gasteiger partial charge in [-0.1, -0.05) is 73.8 Å². The fourth-order valence-corrected chi connectivity index (χ4v) is 8.25. The Morgan fingerprint density at radius 2 is 1.74 bits per heavy atom. The van der Waals surface area contributed by atoms with E-state index in [4.69, 9.17) is 39.5 Å². The summed E-state index contributed by atoms with van der Waals surface area (Å²) in [5, 5.41) is 3.41. The van der Waals surface area contributed by atoms with Crippen molar-refractivity contribution in [3.8, 4) is 5.75 Å². The highest BCUT2D eigenvalue weighted by Gasteiger charge is 2.56. The minimum Gasteiger partial charge on any atom is -0.483 e. The summed E-state index contributed by atoms with van der Waals surface area (Å²) in [6.07, 6.45) is 0. The van der Waals surface area contributed by atoms with Crippen LogP contribution in [0, 0.1) is 5.92 Å². The van der Waals surface area contributed by atoms with Gasteiger partial charge in [-0.25, -0.2) is 4.90 Å². The predicted octanol–water partition coefficient (Wildman–Crippen LogP) is 6.97. The molecular weight excluding hydrogens is 709 g/mol. The maximum atomic E-state index is 14.0. The maximum Gasteiger partial charge on any atom is 0.305 e. The lowest BCUT2D eigenvalue weighted by Gasteiger charge is -2.31. The number of ether oxygens (including phenoxy) is 1. The Balaban J connectivity index is 1.35. The number of amides is 3. The average molecular weight is 726 g/mol. The quantitative estimate of drug-likeness (QED) is 0.208. The molecule has 3 atom stereocenters. The van der Waals surface area contributed by atoms with E-state index >= 15 is 0 Å². The number of fused-ring (bicyclic) bond motifs is 2. The molecule has 4 aromatic rings. The van der Waals surface area contributed by atoms with E-state index in [-0.39, 0.29) is 28.2 Å². The molecule has 1 saturated heterocycles. The van der Waals surface area contributed by atoms with Gasteiger partial charge in [-0.05, 0) is 60.7 Å². The van der Waals surface area contributed by atoms with Crippen molar-refractivity contribution in [2.24, 2.45) is 5.92 Å². The van der Waals surface area contributed by atoms with Crippen molar-refractivity contribution in [1.29, 1.82) is 0 Å². The molecule has 0 spiro atoms. The van der Waals surface area contributed by atoms with E-state index < -0.39 is 28.9 Å². The highest BCUT2D eigenvalue weighted by atomic mass is 79.9. The summed E-state index contributed by atoms with van der Waals surface area (Å²) in [6.45, 7) is -0.376. The first-order valence-electron chi connectivity index (χ1n) is 12.3. The van der Waals surface area contributed by atoms with E-state index in [0.29, 0.717) is 36.9 Å². The second kappa shape index (κ2) is 11.7. The molecule has 0 radical (unpaired) electrons. The Morgan fingerprint density at radius 3 is 2.48 bits per heavy atom. The number of H-pyrrole nitrogens is 1. The Bertz CT molecular complexity index is 1810. The Morgan fingerprint density at radius 1 is 0.976 bits per heavy atom. The number of aromatic amines is 1. The van der Waals surface area contributed by atoms with Crippen LogP contribution in [0.5, 0.6) is 5.75 Å². The number of carbonyl (C=O) groups is 3. The highest BCUT2D eigenvalue weighted by Crippen LogP contribution is 2.54. The van der Waals surface area contributed by atoms with Crippen LogP contribution < -0.4 is 19.8 Å².